The van der Waals surface area contributed by atoms with Crippen molar-refractivity contribution in [2.75, 3.05) is 0 Å². The Labute approximate surface area is 158 Å². The average Bonchev–Trinajstić information content (AvgIpc) is 3.20. The average molecular weight is 360 g/mol. The Morgan fingerprint density at radius 2 is 2.00 bits per heavy atom. The lowest BCUT2D eigenvalue weighted by Crippen LogP contribution is -2.48. The summed E-state index contributed by atoms with van der Waals surface area (Å²) < 4.78 is 0. The molecule has 0 saturated carbocycles. The van der Waals surface area contributed by atoms with Gasteiger partial charge in [-0.15, -0.1) is 0 Å². The van der Waals surface area contributed by atoms with Crippen molar-refractivity contribution >= 4 is 27.7 Å². The van der Waals surface area contributed by atoms with E-state index < -0.39 is 6.04 Å². The molecule has 1 amide bonds. The Morgan fingerprint density at radius 3 is 2.74 bits per heavy atom. The third-order valence-electron chi connectivity index (χ3n) is 5.52. The van der Waals surface area contributed by atoms with E-state index in [9.17, 15) is 10.1 Å². The van der Waals surface area contributed by atoms with E-state index in [2.05, 4.69) is 53.7 Å². The summed E-state index contributed by atoms with van der Waals surface area (Å²) in [6, 6.07) is 16.2. The molecule has 2 aromatic carbocycles. The predicted molar refractivity (Wildman–Crippen MR) is 107 cm³/mol. The number of rotatable bonds is 4. The number of nitrogens with zero attached hydrogens (tertiary/aromatic N) is 1. The minimum atomic E-state index is -0.537. The largest absolute Gasteiger partial charge is 0.355 e. The first-order chi connectivity index (χ1) is 13.0. The highest BCUT2D eigenvalue weighted by atomic mass is 16.2. The molecular formula is C22H24N4O. The number of para-hydroxylation sites is 1. The van der Waals surface area contributed by atoms with Crippen LogP contribution in [0.2, 0.25) is 0 Å². The highest BCUT2D eigenvalue weighted by Crippen LogP contribution is 2.26. The summed E-state index contributed by atoms with van der Waals surface area (Å²) >= 11 is 0. The van der Waals surface area contributed by atoms with Crippen LogP contribution in [0.1, 0.15) is 25.8 Å². The lowest BCUT2D eigenvalue weighted by atomic mass is 10.00. The number of carbonyl (C=O) groups is 1. The standard InChI is InChI=1S/C22H24N4O/c1-13-9-14(2)24-21(13)22(27)25-16(12-23)10-15-7-8-20-18(11-15)17-5-3-4-6-19(17)26-20/h3-8,11,13-14,16,21,24,26H,9-10H2,1-2H3,(H,25,27). The van der Waals surface area contributed by atoms with Crippen LogP contribution in [0.5, 0.6) is 0 Å². The molecule has 4 rings (SSSR count). The summed E-state index contributed by atoms with van der Waals surface area (Å²) in [6.45, 7) is 4.16. The molecule has 5 heteroatoms. The first-order valence-corrected chi connectivity index (χ1v) is 9.50. The van der Waals surface area contributed by atoms with E-state index in [0.29, 0.717) is 12.5 Å². The molecule has 4 atom stereocenters. The number of aromatic amines is 1. The van der Waals surface area contributed by atoms with Crippen LogP contribution in [0.25, 0.3) is 21.8 Å². The number of hydrogen-bond donors (Lipinski definition) is 3. The van der Waals surface area contributed by atoms with Crippen molar-refractivity contribution in [3.63, 3.8) is 0 Å². The third kappa shape index (κ3) is 3.41. The van der Waals surface area contributed by atoms with E-state index in [-0.39, 0.29) is 17.9 Å². The van der Waals surface area contributed by atoms with Crippen LogP contribution >= 0.6 is 0 Å². The summed E-state index contributed by atoms with van der Waals surface area (Å²) in [5, 5.41) is 18.1. The van der Waals surface area contributed by atoms with Gasteiger partial charge in [0.1, 0.15) is 6.04 Å². The first-order valence-electron chi connectivity index (χ1n) is 9.50. The monoisotopic (exact) mass is 360 g/mol. The molecule has 27 heavy (non-hydrogen) atoms. The topological polar surface area (TPSA) is 80.7 Å². The summed E-state index contributed by atoms with van der Waals surface area (Å²) in [6.07, 6.45) is 1.47. The molecule has 2 heterocycles. The zero-order valence-electron chi connectivity index (χ0n) is 15.6. The van der Waals surface area contributed by atoms with Gasteiger partial charge in [0, 0.05) is 34.3 Å². The molecule has 3 N–H and O–H groups in total. The van der Waals surface area contributed by atoms with E-state index in [1.165, 1.54) is 5.39 Å². The van der Waals surface area contributed by atoms with Gasteiger partial charge >= 0.3 is 0 Å². The van der Waals surface area contributed by atoms with Crippen LogP contribution < -0.4 is 10.6 Å². The normalized spacial score (nSPS) is 23.4. The van der Waals surface area contributed by atoms with Gasteiger partial charge in [0.2, 0.25) is 5.91 Å². The number of fused-ring (bicyclic) bond motifs is 3. The van der Waals surface area contributed by atoms with Crippen LogP contribution in [-0.4, -0.2) is 29.0 Å². The number of nitriles is 1. The quantitative estimate of drug-likeness (QED) is 0.668. The molecule has 1 aliphatic heterocycles. The number of H-pyrrole nitrogens is 1. The molecule has 138 valence electrons. The van der Waals surface area contributed by atoms with Crippen LogP contribution in [0, 0.1) is 17.2 Å². The van der Waals surface area contributed by atoms with Crippen LogP contribution in [0.3, 0.4) is 0 Å². The highest BCUT2D eigenvalue weighted by Gasteiger charge is 2.34. The summed E-state index contributed by atoms with van der Waals surface area (Å²) in [4.78, 5) is 16.0. The maximum atomic E-state index is 12.6. The number of benzene rings is 2. The van der Waals surface area contributed by atoms with Gasteiger partial charge in [-0.25, -0.2) is 0 Å². The molecule has 0 bridgehead atoms. The van der Waals surface area contributed by atoms with Crippen molar-refractivity contribution in [3.05, 3.63) is 48.0 Å². The molecular weight excluding hydrogens is 336 g/mol. The minimum absolute atomic E-state index is 0.0772. The van der Waals surface area contributed by atoms with Crippen molar-refractivity contribution in [1.29, 1.82) is 5.26 Å². The van der Waals surface area contributed by atoms with E-state index in [0.717, 1.165) is 28.4 Å². The highest BCUT2D eigenvalue weighted by molar-refractivity contribution is 6.07. The molecule has 1 aliphatic rings. The van der Waals surface area contributed by atoms with Crippen LogP contribution in [-0.2, 0) is 11.2 Å². The lowest BCUT2D eigenvalue weighted by molar-refractivity contribution is -0.124. The number of hydrogen-bond acceptors (Lipinski definition) is 3. The van der Waals surface area contributed by atoms with Gasteiger partial charge < -0.3 is 15.6 Å². The molecule has 1 saturated heterocycles. The third-order valence-corrected chi connectivity index (χ3v) is 5.52. The Hall–Kier alpha value is -2.84. The second-order valence-electron chi connectivity index (χ2n) is 7.70. The van der Waals surface area contributed by atoms with Crippen molar-refractivity contribution in [2.24, 2.45) is 5.92 Å². The number of aromatic nitrogens is 1. The first kappa shape index (κ1) is 17.6. The predicted octanol–water partition coefficient (Wildman–Crippen LogP) is 3.26. The Kier molecular flexibility index (Phi) is 4.59. The Morgan fingerprint density at radius 1 is 1.22 bits per heavy atom. The van der Waals surface area contributed by atoms with E-state index in [1.54, 1.807) is 0 Å². The Bertz CT molecular complexity index is 1030. The van der Waals surface area contributed by atoms with E-state index in [1.807, 2.05) is 24.3 Å². The second-order valence-corrected chi connectivity index (χ2v) is 7.70. The fourth-order valence-electron chi connectivity index (χ4n) is 4.22. The minimum Gasteiger partial charge on any atom is -0.355 e. The van der Waals surface area contributed by atoms with Gasteiger partial charge in [-0.05, 0) is 43.0 Å². The van der Waals surface area contributed by atoms with Gasteiger partial charge in [-0.2, -0.15) is 5.26 Å². The second kappa shape index (κ2) is 7.05. The number of nitrogens with one attached hydrogen (secondary N) is 3. The van der Waals surface area contributed by atoms with E-state index in [4.69, 9.17) is 0 Å². The molecule has 0 spiro atoms. The van der Waals surface area contributed by atoms with Crippen LogP contribution in [0.15, 0.2) is 42.5 Å². The molecule has 1 aromatic heterocycles. The molecule has 3 aromatic rings. The maximum absolute atomic E-state index is 12.6. The van der Waals surface area contributed by atoms with Gasteiger partial charge in [-0.3, -0.25) is 4.79 Å². The summed E-state index contributed by atoms with van der Waals surface area (Å²) in [5.41, 5.74) is 3.22. The van der Waals surface area contributed by atoms with Crippen molar-refractivity contribution in [3.8, 4) is 6.07 Å². The van der Waals surface area contributed by atoms with Crippen LogP contribution in [0.4, 0.5) is 0 Å². The van der Waals surface area contributed by atoms with Crippen molar-refractivity contribution < 1.29 is 4.79 Å². The molecule has 1 fully saturated rings. The zero-order valence-corrected chi connectivity index (χ0v) is 15.6. The summed E-state index contributed by atoms with van der Waals surface area (Å²) in [7, 11) is 0. The van der Waals surface area contributed by atoms with Crippen molar-refractivity contribution in [2.45, 2.75) is 44.8 Å². The molecule has 4 unspecified atom stereocenters. The zero-order chi connectivity index (χ0) is 19.0. The number of carbonyl (C=O) groups excluding carboxylic acids is 1. The molecule has 0 radical (unpaired) electrons. The van der Waals surface area contributed by atoms with Crippen molar-refractivity contribution in [1.82, 2.24) is 15.6 Å². The maximum Gasteiger partial charge on any atom is 0.238 e. The fraction of sp³-hybridized carbons (Fsp3) is 0.364. The molecule has 0 aliphatic carbocycles. The lowest BCUT2D eigenvalue weighted by Gasteiger charge is -2.18. The van der Waals surface area contributed by atoms with Gasteiger partial charge in [0.15, 0.2) is 0 Å². The van der Waals surface area contributed by atoms with E-state index >= 15 is 0 Å². The van der Waals surface area contributed by atoms with Gasteiger partial charge in [-0.1, -0.05) is 31.2 Å². The molecule has 5 nitrogen and oxygen atoms in total. The number of amides is 1. The SMILES string of the molecule is CC1CC(C)C(C(=O)NC(C#N)Cc2ccc3[nH]c4ccccc4c3c2)N1. The Balaban J connectivity index is 1.52. The van der Waals surface area contributed by atoms with Gasteiger partial charge in [0.05, 0.1) is 12.1 Å². The smallest absolute Gasteiger partial charge is 0.238 e. The summed E-state index contributed by atoms with van der Waals surface area (Å²) in [5.74, 6) is 0.202. The van der Waals surface area contributed by atoms with Gasteiger partial charge in [0.25, 0.3) is 0 Å². The fourth-order valence-corrected chi connectivity index (χ4v) is 4.22.